The van der Waals surface area contributed by atoms with E-state index >= 15 is 0 Å². The fraction of sp³-hybridized carbons (Fsp3) is 0.125. The number of nitrogens with one attached hydrogen (secondary N) is 1. The minimum Gasteiger partial charge on any atom is -0.359 e. The molecule has 1 aromatic carbocycles. The lowest BCUT2D eigenvalue weighted by Crippen LogP contribution is -2.10. The second-order valence-corrected chi connectivity index (χ2v) is 3.43. The molecule has 0 spiro atoms. The smallest absolute Gasteiger partial charge is 0.249 e. The van der Waals surface area contributed by atoms with Crippen LogP contribution in [0.1, 0.15) is 0 Å². The van der Waals surface area contributed by atoms with Crippen molar-refractivity contribution in [2.75, 3.05) is 5.32 Å². The molecule has 1 aromatic rings. The second kappa shape index (κ2) is 3.06. The largest absolute Gasteiger partial charge is 0.359 e. The lowest BCUT2D eigenvalue weighted by atomic mass is 10.3. The lowest BCUT2D eigenvalue weighted by molar-refractivity contribution is 0.143. The summed E-state index contributed by atoms with van der Waals surface area (Å²) in [6.07, 6.45) is 0. The molecule has 1 atom stereocenters. The van der Waals surface area contributed by atoms with E-state index in [-0.39, 0.29) is 5.56 Å². The maximum Gasteiger partial charge on any atom is 0.249 e. The summed E-state index contributed by atoms with van der Waals surface area (Å²) in [6, 6.07) is 8.03. The van der Waals surface area contributed by atoms with Crippen molar-refractivity contribution in [1.82, 2.24) is 0 Å². The highest BCUT2D eigenvalue weighted by Gasteiger charge is 2.21. The second-order valence-electron chi connectivity index (χ2n) is 2.32. The van der Waals surface area contributed by atoms with Crippen molar-refractivity contribution in [3.8, 4) is 0 Å². The summed E-state index contributed by atoms with van der Waals surface area (Å²) < 4.78 is 0. The molecule has 0 radical (unpaired) electrons. The summed E-state index contributed by atoms with van der Waals surface area (Å²) in [5, 5.41) is 6.51. The first kappa shape index (κ1) is 7.49. The number of para-hydroxylation sites is 1. The van der Waals surface area contributed by atoms with E-state index in [4.69, 9.17) is 4.84 Å². The highest BCUT2D eigenvalue weighted by Crippen LogP contribution is 2.38. The number of rotatable bonds is 2. The SMILES string of the molecule is C=NOC1Nc2ccccc2S1. The topological polar surface area (TPSA) is 33.6 Å². The molecular weight excluding hydrogens is 172 g/mol. The van der Waals surface area contributed by atoms with Gasteiger partial charge in [0.25, 0.3) is 0 Å². The number of nitrogens with zero attached hydrogens (tertiary/aromatic N) is 1. The monoisotopic (exact) mass is 180 g/mol. The molecule has 1 N–H and O–H groups in total. The Bertz CT molecular complexity index is 278. The minimum atomic E-state index is -0.125. The van der Waals surface area contributed by atoms with E-state index in [9.17, 15) is 0 Å². The number of hydrogen-bond donors (Lipinski definition) is 1. The molecule has 0 saturated heterocycles. The standard InChI is InChI=1S/C8H8N2OS/c1-9-11-8-10-6-4-2-3-5-7(6)12-8/h2-5,8,10H,1H2. The zero-order valence-electron chi connectivity index (χ0n) is 6.36. The van der Waals surface area contributed by atoms with Gasteiger partial charge in [-0.3, -0.25) is 0 Å². The third-order valence-corrected chi connectivity index (χ3v) is 2.59. The van der Waals surface area contributed by atoms with Crippen LogP contribution >= 0.6 is 11.8 Å². The minimum absolute atomic E-state index is 0.125. The first-order valence-electron chi connectivity index (χ1n) is 3.54. The van der Waals surface area contributed by atoms with Crippen LogP contribution in [0.2, 0.25) is 0 Å². The van der Waals surface area contributed by atoms with Gasteiger partial charge in [-0.05, 0) is 12.1 Å². The number of hydrogen-bond acceptors (Lipinski definition) is 4. The molecule has 1 aliphatic rings. The summed E-state index contributed by atoms with van der Waals surface area (Å²) in [6.45, 7) is 3.26. The van der Waals surface area contributed by atoms with E-state index in [1.807, 2.05) is 24.3 Å². The molecule has 1 unspecified atom stereocenters. The van der Waals surface area contributed by atoms with Crippen LogP contribution in [0.4, 0.5) is 5.69 Å². The molecule has 4 heteroatoms. The van der Waals surface area contributed by atoms with E-state index < -0.39 is 0 Å². The number of thioether (sulfide) groups is 1. The van der Waals surface area contributed by atoms with Crippen molar-refractivity contribution < 1.29 is 4.84 Å². The molecule has 3 nitrogen and oxygen atoms in total. The maximum atomic E-state index is 4.95. The van der Waals surface area contributed by atoms with Crippen LogP contribution in [0.15, 0.2) is 34.3 Å². The van der Waals surface area contributed by atoms with Gasteiger partial charge in [0.05, 0.1) is 5.69 Å². The number of fused-ring (bicyclic) bond motifs is 1. The molecule has 12 heavy (non-hydrogen) atoms. The number of benzene rings is 1. The van der Waals surface area contributed by atoms with Gasteiger partial charge in [0.15, 0.2) is 0 Å². The van der Waals surface area contributed by atoms with Crippen LogP contribution in [-0.4, -0.2) is 12.3 Å². The van der Waals surface area contributed by atoms with Gasteiger partial charge in [-0.25, -0.2) is 0 Å². The van der Waals surface area contributed by atoms with Gasteiger partial charge in [0.1, 0.15) is 0 Å². The molecule has 1 aliphatic heterocycles. The highest BCUT2D eigenvalue weighted by molar-refractivity contribution is 8.00. The fourth-order valence-electron chi connectivity index (χ4n) is 1.08. The molecule has 0 saturated carbocycles. The third-order valence-electron chi connectivity index (χ3n) is 1.56. The Morgan fingerprint density at radius 1 is 1.50 bits per heavy atom. The number of oxime groups is 1. The van der Waals surface area contributed by atoms with Crippen LogP contribution in [-0.2, 0) is 4.84 Å². The zero-order chi connectivity index (χ0) is 8.39. The molecular formula is C8H8N2OS. The van der Waals surface area contributed by atoms with Gasteiger partial charge in [-0.1, -0.05) is 29.1 Å². The predicted octanol–water partition coefficient (Wildman–Crippen LogP) is 2.12. The van der Waals surface area contributed by atoms with Crippen molar-refractivity contribution in [2.45, 2.75) is 10.5 Å². The van der Waals surface area contributed by atoms with Crippen LogP contribution in [0, 0.1) is 0 Å². The Hall–Kier alpha value is -1.16. The average molecular weight is 180 g/mol. The zero-order valence-corrected chi connectivity index (χ0v) is 7.17. The maximum absolute atomic E-state index is 4.95. The first-order valence-corrected chi connectivity index (χ1v) is 4.42. The van der Waals surface area contributed by atoms with Gasteiger partial charge in [0.2, 0.25) is 5.56 Å². The summed E-state index contributed by atoms with van der Waals surface area (Å²) in [5.41, 5.74) is 0.969. The molecule has 1 heterocycles. The Morgan fingerprint density at radius 3 is 3.08 bits per heavy atom. The lowest BCUT2D eigenvalue weighted by Gasteiger charge is -2.05. The van der Waals surface area contributed by atoms with Crippen molar-refractivity contribution in [3.63, 3.8) is 0 Å². The van der Waals surface area contributed by atoms with E-state index in [0.717, 1.165) is 5.69 Å². The fourth-order valence-corrected chi connectivity index (χ4v) is 2.01. The Kier molecular flexibility index (Phi) is 1.91. The highest BCUT2D eigenvalue weighted by atomic mass is 32.2. The van der Waals surface area contributed by atoms with Crippen LogP contribution in [0.3, 0.4) is 0 Å². The molecule has 0 amide bonds. The van der Waals surface area contributed by atoms with Gasteiger partial charge >= 0.3 is 0 Å². The van der Waals surface area contributed by atoms with Crippen molar-refractivity contribution >= 4 is 24.2 Å². The summed E-state index contributed by atoms with van der Waals surface area (Å²) >= 11 is 1.59. The number of anilines is 1. The molecule has 0 bridgehead atoms. The normalized spacial score (nSPS) is 19.5. The van der Waals surface area contributed by atoms with Gasteiger partial charge in [-0.2, -0.15) is 0 Å². The molecule has 0 aromatic heterocycles. The first-order chi connectivity index (χ1) is 5.90. The quantitative estimate of drug-likeness (QED) is 0.559. The van der Waals surface area contributed by atoms with E-state index in [1.54, 1.807) is 11.8 Å². The van der Waals surface area contributed by atoms with Crippen molar-refractivity contribution in [1.29, 1.82) is 0 Å². The van der Waals surface area contributed by atoms with E-state index in [0.29, 0.717) is 0 Å². The van der Waals surface area contributed by atoms with Crippen molar-refractivity contribution in [3.05, 3.63) is 24.3 Å². The Morgan fingerprint density at radius 2 is 2.33 bits per heavy atom. The summed E-state index contributed by atoms with van der Waals surface area (Å²) in [5.74, 6) is 0. The summed E-state index contributed by atoms with van der Waals surface area (Å²) in [7, 11) is 0. The predicted molar refractivity (Wildman–Crippen MR) is 50.3 cm³/mol. The van der Waals surface area contributed by atoms with Crippen LogP contribution < -0.4 is 5.32 Å². The van der Waals surface area contributed by atoms with Gasteiger partial charge in [-0.15, -0.1) is 0 Å². The molecule has 0 fully saturated rings. The van der Waals surface area contributed by atoms with Gasteiger partial charge < -0.3 is 10.2 Å². The van der Waals surface area contributed by atoms with Crippen LogP contribution in [0.5, 0.6) is 0 Å². The van der Waals surface area contributed by atoms with Gasteiger partial charge in [0, 0.05) is 11.6 Å². The average Bonchev–Trinajstić information content (AvgIpc) is 2.47. The summed E-state index contributed by atoms with van der Waals surface area (Å²) in [4.78, 5) is 6.14. The molecule has 0 aliphatic carbocycles. The molecule has 2 rings (SSSR count). The Labute approximate surface area is 74.8 Å². The third kappa shape index (κ3) is 1.25. The Balaban J connectivity index is 2.16. The molecule has 62 valence electrons. The van der Waals surface area contributed by atoms with E-state index in [1.165, 1.54) is 4.90 Å². The van der Waals surface area contributed by atoms with Crippen molar-refractivity contribution in [2.24, 2.45) is 5.16 Å². The van der Waals surface area contributed by atoms with E-state index in [2.05, 4.69) is 17.2 Å². The van der Waals surface area contributed by atoms with Crippen LogP contribution in [0.25, 0.3) is 0 Å².